The van der Waals surface area contributed by atoms with Gasteiger partial charge in [0, 0.05) is 5.41 Å². The van der Waals surface area contributed by atoms with E-state index >= 15 is 0 Å². The van der Waals surface area contributed by atoms with Crippen molar-refractivity contribution in [2.75, 3.05) is 0 Å². The summed E-state index contributed by atoms with van der Waals surface area (Å²) in [6.07, 6.45) is 7.55. The molecule has 1 rings (SSSR count). The van der Waals surface area contributed by atoms with Crippen molar-refractivity contribution in [2.24, 2.45) is 5.41 Å². The molecule has 0 radical (unpaired) electrons. The standard InChI is InChI=1S/C13H18O2/c1-10-6-5-8-12(3,4)13(10,15)9-7-11(2)14/h5-7,9,15H,1,8H2,2-4H3. The van der Waals surface area contributed by atoms with E-state index in [-0.39, 0.29) is 11.2 Å². The molecule has 0 heterocycles. The fourth-order valence-corrected chi connectivity index (χ4v) is 1.78. The van der Waals surface area contributed by atoms with Crippen LogP contribution in [0.1, 0.15) is 27.2 Å². The van der Waals surface area contributed by atoms with E-state index in [1.54, 1.807) is 6.08 Å². The van der Waals surface area contributed by atoms with Crippen LogP contribution >= 0.6 is 0 Å². The van der Waals surface area contributed by atoms with Crippen molar-refractivity contribution in [1.82, 2.24) is 0 Å². The third-order valence-electron chi connectivity index (χ3n) is 3.03. The van der Waals surface area contributed by atoms with E-state index < -0.39 is 5.60 Å². The lowest BCUT2D eigenvalue weighted by molar-refractivity contribution is -0.112. The van der Waals surface area contributed by atoms with Crippen molar-refractivity contribution >= 4 is 5.78 Å². The number of carbonyl (C=O) groups is 1. The highest BCUT2D eigenvalue weighted by atomic mass is 16.3. The van der Waals surface area contributed by atoms with Crippen LogP contribution in [0.3, 0.4) is 0 Å². The van der Waals surface area contributed by atoms with E-state index in [0.29, 0.717) is 5.57 Å². The van der Waals surface area contributed by atoms with E-state index in [1.807, 2.05) is 26.0 Å². The van der Waals surface area contributed by atoms with E-state index in [4.69, 9.17) is 0 Å². The smallest absolute Gasteiger partial charge is 0.152 e. The minimum absolute atomic E-state index is 0.0680. The van der Waals surface area contributed by atoms with E-state index in [0.717, 1.165) is 6.42 Å². The monoisotopic (exact) mass is 206 g/mol. The fourth-order valence-electron chi connectivity index (χ4n) is 1.78. The average Bonchev–Trinajstić information content (AvgIpc) is 2.11. The Balaban J connectivity index is 3.12. The van der Waals surface area contributed by atoms with Gasteiger partial charge in [0.1, 0.15) is 5.60 Å². The summed E-state index contributed by atoms with van der Waals surface area (Å²) >= 11 is 0. The molecular weight excluding hydrogens is 188 g/mol. The summed E-state index contributed by atoms with van der Waals surface area (Å²) in [6, 6.07) is 0. The largest absolute Gasteiger partial charge is 0.380 e. The summed E-state index contributed by atoms with van der Waals surface area (Å²) in [5, 5.41) is 10.5. The number of aliphatic hydroxyl groups is 1. The Morgan fingerprint density at radius 1 is 1.60 bits per heavy atom. The summed E-state index contributed by atoms with van der Waals surface area (Å²) in [5.74, 6) is -0.0680. The van der Waals surface area contributed by atoms with Gasteiger partial charge >= 0.3 is 0 Å². The van der Waals surface area contributed by atoms with Crippen LogP contribution in [0, 0.1) is 5.41 Å². The quantitative estimate of drug-likeness (QED) is 0.704. The summed E-state index contributed by atoms with van der Waals surface area (Å²) in [7, 11) is 0. The summed E-state index contributed by atoms with van der Waals surface area (Å²) in [4.78, 5) is 10.9. The van der Waals surface area contributed by atoms with Gasteiger partial charge in [-0.25, -0.2) is 0 Å². The number of hydrogen-bond acceptors (Lipinski definition) is 2. The maximum Gasteiger partial charge on any atom is 0.152 e. The molecule has 82 valence electrons. The van der Waals surface area contributed by atoms with Gasteiger partial charge in [-0.15, -0.1) is 0 Å². The van der Waals surface area contributed by atoms with Gasteiger partial charge < -0.3 is 5.11 Å². The molecule has 0 amide bonds. The molecule has 1 aliphatic carbocycles. The molecule has 1 atom stereocenters. The van der Waals surface area contributed by atoms with Crippen molar-refractivity contribution in [3.05, 3.63) is 36.5 Å². The van der Waals surface area contributed by atoms with Gasteiger partial charge in [-0.3, -0.25) is 4.79 Å². The van der Waals surface area contributed by atoms with Gasteiger partial charge in [0.2, 0.25) is 0 Å². The lowest BCUT2D eigenvalue weighted by Gasteiger charge is -2.43. The Kier molecular flexibility index (Phi) is 3.00. The normalized spacial score (nSPS) is 29.7. The van der Waals surface area contributed by atoms with Crippen molar-refractivity contribution in [3.63, 3.8) is 0 Å². The maximum absolute atomic E-state index is 10.9. The predicted octanol–water partition coefficient (Wildman–Crippen LogP) is 2.41. The van der Waals surface area contributed by atoms with Gasteiger partial charge in [-0.2, -0.15) is 0 Å². The second-order valence-electron chi connectivity index (χ2n) is 4.73. The molecule has 0 spiro atoms. The Bertz CT molecular complexity index is 348. The second-order valence-corrected chi connectivity index (χ2v) is 4.73. The molecule has 1 unspecified atom stereocenters. The average molecular weight is 206 g/mol. The molecule has 1 aliphatic rings. The molecule has 0 aliphatic heterocycles. The highest BCUT2D eigenvalue weighted by Crippen LogP contribution is 2.44. The van der Waals surface area contributed by atoms with Crippen LogP contribution in [-0.4, -0.2) is 16.5 Å². The number of rotatable bonds is 2. The number of allylic oxidation sites excluding steroid dienone is 2. The van der Waals surface area contributed by atoms with E-state index in [2.05, 4.69) is 6.58 Å². The van der Waals surface area contributed by atoms with Crippen LogP contribution in [0.4, 0.5) is 0 Å². The predicted molar refractivity (Wildman–Crippen MR) is 61.4 cm³/mol. The molecule has 0 saturated heterocycles. The van der Waals surface area contributed by atoms with Crippen LogP contribution in [0.25, 0.3) is 0 Å². The van der Waals surface area contributed by atoms with Crippen molar-refractivity contribution in [2.45, 2.75) is 32.8 Å². The Morgan fingerprint density at radius 3 is 2.67 bits per heavy atom. The molecule has 1 N–H and O–H groups in total. The SMILES string of the molecule is C=C1C=CCC(C)(C)C1(O)C=CC(C)=O. The highest BCUT2D eigenvalue weighted by Gasteiger charge is 2.43. The summed E-state index contributed by atoms with van der Waals surface area (Å²) in [5.41, 5.74) is -0.811. The molecule has 0 fully saturated rings. The molecule has 0 aromatic carbocycles. The topological polar surface area (TPSA) is 37.3 Å². The lowest BCUT2D eigenvalue weighted by atomic mass is 9.66. The second kappa shape index (κ2) is 3.78. The van der Waals surface area contributed by atoms with Gasteiger partial charge in [0.25, 0.3) is 0 Å². The van der Waals surface area contributed by atoms with E-state index in [9.17, 15) is 9.90 Å². The Labute approximate surface area is 91.0 Å². The zero-order valence-electron chi connectivity index (χ0n) is 9.58. The first-order valence-corrected chi connectivity index (χ1v) is 5.08. The van der Waals surface area contributed by atoms with Crippen LogP contribution < -0.4 is 0 Å². The first-order valence-electron chi connectivity index (χ1n) is 5.08. The summed E-state index contributed by atoms with van der Waals surface area (Å²) < 4.78 is 0. The third-order valence-corrected chi connectivity index (χ3v) is 3.03. The van der Waals surface area contributed by atoms with Crippen molar-refractivity contribution < 1.29 is 9.90 Å². The summed E-state index contributed by atoms with van der Waals surface area (Å²) in [6.45, 7) is 9.24. The Morgan fingerprint density at radius 2 is 2.20 bits per heavy atom. The molecule has 0 bridgehead atoms. The number of carbonyl (C=O) groups excluding carboxylic acids is 1. The van der Waals surface area contributed by atoms with Gasteiger partial charge in [0.05, 0.1) is 0 Å². The molecule has 0 saturated carbocycles. The number of hydrogen-bond donors (Lipinski definition) is 1. The molecule has 2 nitrogen and oxygen atoms in total. The molecule has 15 heavy (non-hydrogen) atoms. The first-order chi connectivity index (χ1) is 6.79. The molecule has 0 aromatic heterocycles. The zero-order chi connectivity index (χ0) is 11.7. The molecular formula is C13H18O2. The maximum atomic E-state index is 10.9. The minimum atomic E-state index is -1.12. The van der Waals surface area contributed by atoms with Crippen molar-refractivity contribution in [3.8, 4) is 0 Å². The first kappa shape index (κ1) is 11.9. The van der Waals surface area contributed by atoms with Gasteiger partial charge in [-0.05, 0) is 31.1 Å². The zero-order valence-corrected chi connectivity index (χ0v) is 9.58. The fraction of sp³-hybridized carbons (Fsp3) is 0.462. The lowest BCUT2D eigenvalue weighted by Crippen LogP contribution is -2.45. The molecule has 2 heteroatoms. The van der Waals surface area contributed by atoms with Gasteiger partial charge in [-0.1, -0.05) is 32.6 Å². The highest BCUT2D eigenvalue weighted by molar-refractivity contribution is 5.87. The van der Waals surface area contributed by atoms with Crippen LogP contribution in [-0.2, 0) is 4.79 Å². The van der Waals surface area contributed by atoms with Crippen LogP contribution in [0.2, 0.25) is 0 Å². The third kappa shape index (κ3) is 2.10. The Hall–Kier alpha value is -1.15. The van der Waals surface area contributed by atoms with Crippen molar-refractivity contribution in [1.29, 1.82) is 0 Å². The minimum Gasteiger partial charge on any atom is -0.380 e. The molecule has 0 aromatic rings. The van der Waals surface area contributed by atoms with Gasteiger partial charge in [0.15, 0.2) is 5.78 Å². The van der Waals surface area contributed by atoms with E-state index in [1.165, 1.54) is 13.0 Å². The van der Waals surface area contributed by atoms with Crippen LogP contribution in [0.15, 0.2) is 36.5 Å². The van der Waals surface area contributed by atoms with Crippen LogP contribution in [0.5, 0.6) is 0 Å². The number of ketones is 1.